The molecule has 2 aromatic carbocycles. The number of hydrogen-bond donors (Lipinski definition) is 1. The van der Waals surface area contributed by atoms with Crippen molar-refractivity contribution in [3.63, 3.8) is 0 Å². The van der Waals surface area contributed by atoms with Crippen molar-refractivity contribution in [3.8, 4) is 5.69 Å². The number of carbonyl (C=O) groups is 2. The fourth-order valence-electron chi connectivity index (χ4n) is 3.32. The van der Waals surface area contributed by atoms with Crippen molar-refractivity contribution < 1.29 is 19.4 Å². The van der Waals surface area contributed by atoms with E-state index in [0.717, 1.165) is 28.2 Å². The van der Waals surface area contributed by atoms with Gasteiger partial charge < -0.3 is 14.4 Å². The number of aliphatic imine (C=N–C) groups is 1. The molecule has 7 heteroatoms. The second-order valence-electron chi connectivity index (χ2n) is 6.88. The van der Waals surface area contributed by atoms with Crippen molar-refractivity contribution in [2.75, 3.05) is 7.11 Å². The number of aromatic nitrogens is 1. The summed E-state index contributed by atoms with van der Waals surface area (Å²) < 4.78 is 6.70. The van der Waals surface area contributed by atoms with Crippen LogP contribution >= 0.6 is 11.6 Å². The van der Waals surface area contributed by atoms with Crippen molar-refractivity contribution in [1.82, 2.24) is 4.57 Å². The number of ether oxygens (including phenoxy) is 1. The fraction of sp³-hybridized carbons (Fsp3) is 0.174. The number of benzene rings is 2. The van der Waals surface area contributed by atoms with Crippen molar-refractivity contribution in [1.29, 1.82) is 0 Å². The minimum Gasteiger partial charge on any atom is -0.478 e. The Kier molecular flexibility index (Phi) is 6.08. The Labute approximate surface area is 179 Å². The third-order valence-electron chi connectivity index (χ3n) is 4.87. The molecule has 0 unspecified atom stereocenters. The van der Waals surface area contributed by atoms with Crippen molar-refractivity contribution in [2.24, 2.45) is 4.99 Å². The maximum absolute atomic E-state index is 11.7. The number of rotatable bonds is 5. The Morgan fingerprint density at radius 2 is 1.83 bits per heavy atom. The lowest BCUT2D eigenvalue weighted by molar-refractivity contribution is 0.0599. The zero-order chi connectivity index (χ0) is 22.0. The summed E-state index contributed by atoms with van der Waals surface area (Å²) in [5.74, 6) is -1.46. The molecule has 30 heavy (non-hydrogen) atoms. The lowest BCUT2D eigenvalue weighted by Gasteiger charge is -2.11. The molecule has 0 radical (unpaired) electrons. The first-order valence-electron chi connectivity index (χ1n) is 9.18. The Balaban J connectivity index is 1.96. The second kappa shape index (κ2) is 8.55. The van der Waals surface area contributed by atoms with Crippen molar-refractivity contribution in [2.45, 2.75) is 20.8 Å². The first kappa shape index (κ1) is 21.3. The second-order valence-corrected chi connectivity index (χ2v) is 7.29. The van der Waals surface area contributed by atoms with Crippen molar-refractivity contribution in [3.05, 3.63) is 81.1 Å². The monoisotopic (exact) mass is 424 g/mol. The van der Waals surface area contributed by atoms with Crippen LogP contribution in [-0.4, -0.2) is 34.9 Å². The van der Waals surface area contributed by atoms with Gasteiger partial charge in [0.15, 0.2) is 0 Å². The lowest BCUT2D eigenvalue weighted by atomic mass is 10.1. The Morgan fingerprint density at radius 1 is 1.10 bits per heavy atom. The highest BCUT2D eigenvalue weighted by Gasteiger charge is 2.14. The number of hydrogen-bond acceptors (Lipinski definition) is 4. The van der Waals surface area contributed by atoms with Gasteiger partial charge in [0.05, 0.1) is 28.9 Å². The molecule has 0 fully saturated rings. The van der Waals surface area contributed by atoms with E-state index in [0.29, 0.717) is 11.3 Å². The molecule has 6 nitrogen and oxygen atoms in total. The average molecular weight is 425 g/mol. The molecule has 0 spiro atoms. The van der Waals surface area contributed by atoms with Gasteiger partial charge in [-0.05, 0) is 68.8 Å². The first-order chi connectivity index (χ1) is 14.2. The molecule has 0 aliphatic rings. The molecule has 0 amide bonds. The Hall–Kier alpha value is -3.38. The largest absolute Gasteiger partial charge is 0.478 e. The third kappa shape index (κ3) is 4.14. The quantitative estimate of drug-likeness (QED) is 0.445. The summed E-state index contributed by atoms with van der Waals surface area (Å²) >= 11 is 6.00. The Bertz CT molecular complexity index is 1180. The maximum atomic E-state index is 11.7. The predicted molar refractivity (Wildman–Crippen MR) is 117 cm³/mol. The summed E-state index contributed by atoms with van der Waals surface area (Å²) in [6, 6.07) is 12.1. The van der Waals surface area contributed by atoms with Gasteiger partial charge in [0.1, 0.15) is 0 Å². The number of methoxy groups -OCH3 is 1. The molecule has 1 aromatic heterocycles. The maximum Gasteiger partial charge on any atom is 0.337 e. The van der Waals surface area contributed by atoms with Gasteiger partial charge in [-0.2, -0.15) is 0 Å². The van der Waals surface area contributed by atoms with Gasteiger partial charge in [-0.25, -0.2) is 9.59 Å². The van der Waals surface area contributed by atoms with Crippen LogP contribution in [0.3, 0.4) is 0 Å². The van der Waals surface area contributed by atoms with Crippen LogP contribution in [0.15, 0.2) is 47.5 Å². The minimum absolute atomic E-state index is 0.0539. The van der Waals surface area contributed by atoms with E-state index >= 15 is 0 Å². The van der Waals surface area contributed by atoms with Gasteiger partial charge in [-0.15, -0.1) is 0 Å². The van der Waals surface area contributed by atoms with Gasteiger partial charge in [0, 0.05) is 28.9 Å². The number of carboxylic acids is 1. The molecular weight excluding hydrogens is 404 g/mol. The average Bonchev–Trinajstić information content (AvgIpc) is 3.00. The van der Waals surface area contributed by atoms with Crippen LogP contribution in [-0.2, 0) is 4.74 Å². The van der Waals surface area contributed by atoms with Gasteiger partial charge >= 0.3 is 11.9 Å². The Morgan fingerprint density at radius 3 is 2.47 bits per heavy atom. The number of carboxylic acid groups (broad SMARTS) is 1. The number of aryl methyl sites for hydroxylation is 2. The van der Waals surface area contributed by atoms with E-state index < -0.39 is 5.97 Å². The van der Waals surface area contributed by atoms with E-state index in [9.17, 15) is 14.7 Å². The zero-order valence-corrected chi connectivity index (χ0v) is 17.8. The fourth-order valence-corrected chi connectivity index (χ4v) is 3.51. The zero-order valence-electron chi connectivity index (χ0n) is 17.1. The third-order valence-corrected chi connectivity index (χ3v) is 5.20. The molecule has 0 bridgehead atoms. The van der Waals surface area contributed by atoms with E-state index in [1.807, 2.05) is 31.4 Å². The molecule has 0 saturated heterocycles. The van der Waals surface area contributed by atoms with Gasteiger partial charge in [0.2, 0.25) is 0 Å². The van der Waals surface area contributed by atoms with E-state index in [1.165, 1.54) is 7.11 Å². The van der Waals surface area contributed by atoms with Gasteiger partial charge in [-0.1, -0.05) is 11.6 Å². The molecule has 0 aliphatic heterocycles. The molecule has 1 heterocycles. The molecular formula is C23H21ClN2O4. The summed E-state index contributed by atoms with van der Waals surface area (Å²) in [7, 11) is 1.35. The van der Waals surface area contributed by atoms with E-state index in [2.05, 4.69) is 4.99 Å². The van der Waals surface area contributed by atoms with Crippen LogP contribution in [0.1, 0.15) is 43.2 Å². The number of nitrogens with zero attached hydrogens (tertiary/aromatic N) is 2. The SMILES string of the molecule is COC(=O)c1ccc(N=Cc2cc(C)n(-c3ccc(Cl)c(C(=O)O)c3)c2C)c(C)c1. The minimum atomic E-state index is -1.07. The summed E-state index contributed by atoms with van der Waals surface area (Å²) in [5, 5.41) is 9.54. The van der Waals surface area contributed by atoms with Crippen LogP contribution in [0.2, 0.25) is 5.02 Å². The van der Waals surface area contributed by atoms with Crippen LogP contribution < -0.4 is 0 Å². The lowest BCUT2D eigenvalue weighted by Crippen LogP contribution is -2.03. The van der Waals surface area contributed by atoms with E-state index in [4.69, 9.17) is 16.3 Å². The van der Waals surface area contributed by atoms with Gasteiger partial charge in [-0.3, -0.25) is 4.99 Å². The summed E-state index contributed by atoms with van der Waals surface area (Å²) in [4.78, 5) is 27.6. The smallest absolute Gasteiger partial charge is 0.337 e. The summed E-state index contributed by atoms with van der Waals surface area (Å²) in [6.45, 7) is 5.76. The normalized spacial score (nSPS) is 11.1. The number of halogens is 1. The topological polar surface area (TPSA) is 80.9 Å². The van der Waals surface area contributed by atoms with Crippen LogP contribution in [0, 0.1) is 20.8 Å². The highest BCUT2D eigenvalue weighted by molar-refractivity contribution is 6.33. The van der Waals surface area contributed by atoms with Crippen molar-refractivity contribution >= 4 is 35.4 Å². The summed E-state index contributed by atoms with van der Waals surface area (Å²) in [6.07, 6.45) is 1.76. The highest BCUT2D eigenvalue weighted by atomic mass is 35.5. The number of esters is 1. The highest BCUT2D eigenvalue weighted by Crippen LogP contribution is 2.26. The summed E-state index contributed by atoms with van der Waals surface area (Å²) in [5.41, 5.74) is 5.59. The molecule has 0 aliphatic carbocycles. The first-order valence-corrected chi connectivity index (χ1v) is 9.56. The van der Waals surface area contributed by atoms with Crippen LogP contribution in [0.5, 0.6) is 0 Å². The molecule has 0 atom stereocenters. The molecule has 3 aromatic rings. The van der Waals surface area contributed by atoms with E-state index in [-0.39, 0.29) is 16.6 Å². The number of aromatic carboxylic acids is 1. The van der Waals surface area contributed by atoms with Gasteiger partial charge in [0.25, 0.3) is 0 Å². The number of carbonyl (C=O) groups excluding carboxylic acids is 1. The molecule has 3 rings (SSSR count). The molecule has 154 valence electrons. The van der Waals surface area contributed by atoms with E-state index in [1.54, 1.807) is 42.6 Å². The molecule has 1 N–H and O–H groups in total. The van der Waals surface area contributed by atoms with Crippen LogP contribution in [0.25, 0.3) is 5.69 Å². The van der Waals surface area contributed by atoms with Crippen LogP contribution in [0.4, 0.5) is 5.69 Å². The predicted octanol–water partition coefficient (Wildman–Crippen LogP) is 5.29. The standard InChI is InChI=1S/C23H21ClN2O4/c1-13-9-16(23(29)30-4)5-8-21(13)25-12-17-10-14(2)26(15(17)3)18-6-7-20(24)19(11-18)22(27)28/h5-12H,1-4H3,(H,27,28). The molecule has 0 saturated carbocycles.